The van der Waals surface area contributed by atoms with Crippen LogP contribution < -0.4 is 10.6 Å². The van der Waals surface area contributed by atoms with Gasteiger partial charge < -0.3 is 39.8 Å². The van der Waals surface area contributed by atoms with Crippen molar-refractivity contribution in [3.8, 4) is 0 Å². The molecule has 2 bridgehead atoms. The Bertz CT molecular complexity index is 1720. The second-order valence-corrected chi connectivity index (χ2v) is 17.0. The Labute approximate surface area is 321 Å². The van der Waals surface area contributed by atoms with Gasteiger partial charge in [0.15, 0.2) is 11.8 Å². The highest BCUT2D eigenvalue weighted by atomic mass is 127. The van der Waals surface area contributed by atoms with Crippen molar-refractivity contribution in [1.82, 2.24) is 15.7 Å². The number of rotatable bonds is 11. The Hall–Kier alpha value is -3.19. The number of esters is 2. The van der Waals surface area contributed by atoms with Crippen molar-refractivity contribution in [1.29, 1.82) is 0 Å². The van der Waals surface area contributed by atoms with E-state index in [-0.39, 0.29) is 25.8 Å². The molecule has 1 spiro atoms. The molecule has 2 amide bonds. The van der Waals surface area contributed by atoms with Crippen molar-refractivity contribution >= 4 is 46.3 Å². The zero-order valence-corrected chi connectivity index (χ0v) is 32.2. The molecule has 7 rings (SSSR count). The first-order chi connectivity index (χ1) is 25.1. The van der Waals surface area contributed by atoms with Crippen molar-refractivity contribution in [2.75, 3.05) is 6.61 Å². The summed E-state index contributed by atoms with van der Waals surface area (Å²) in [5, 5.41) is 27.7. The molecule has 0 aromatic heterocycles. The van der Waals surface area contributed by atoms with Crippen LogP contribution in [0.4, 0.5) is 0 Å². The van der Waals surface area contributed by atoms with Crippen molar-refractivity contribution in [2.45, 2.75) is 126 Å². The van der Waals surface area contributed by atoms with E-state index in [1.54, 1.807) is 20.8 Å². The molecule has 4 fully saturated rings. The van der Waals surface area contributed by atoms with Crippen LogP contribution >= 0.6 is 22.6 Å². The van der Waals surface area contributed by atoms with Crippen LogP contribution in [0.25, 0.3) is 0 Å². The second-order valence-electron chi connectivity index (χ2n) is 15.8. The molecule has 9 unspecified atom stereocenters. The molecule has 3 aliphatic heterocycles. The van der Waals surface area contributed by atoms with Gasteiger partial charge in [-0.2, -0.15) is 5.06 Å². The van der Waals surface area contributed by atoms with E-state index in [1.807, 2.05) is 48.5 Å². The van der Waals surface area contributed by atoms with E-state index in [0.717, 1.165) is 20.3 Å². The minimum absolute atomic E-state index is 0.0277. The maximum atomic E-state index is 14.9. The zero-order chi connectivity index (χ0) is 37.9. The van der Waals surface area contributed by atoms with E-state index in [9.17, 15) is 29.4 Å². The molecule has 4 N–H and O–H groups in total. The Morgan fingerprint density at radius 3 is 2.32 bits per heavy atom. The molecule has 1 saturated carbocycles. The highest BCUT2D eigenvalue weighted by Gasteiger charge is 2.76. The highest BCUT2D eigenvalue weighted by Crippen LogP contribution is 2.58. The van der Waals surface area contributed by atoms with E-state index < -0.39 is 95.8 Å². The largest absolute Gasteiger partial charge is 0.460 e. The number of fused-ring (bicyclic) bond motifs is 5. The van der Waals surface area contributed by atoms with E-state index in [4.69, 9.17) is 23.8 Å². The summed E-state index contributed by atoms with van der Waals surface area (Å²) in [6.07, 6.45) is -3.79. The lowest BCUT2D eigenvalue weighted by molar-refractivity contribution is -0.217. The number of hydrogen-bond acceptors (Lipinski definition) is 12. The number of aliphatic hydroxyl groups excluding tert-OH is 2. The predicted molar refractivity (Wildman–Crippen MR) is 194 cm³/mol. The van der Waals surface area contributed by atoms with Gasteiger partial charge in [-0.05, 0) is 85.5 Å². The van der Waals surface area contributed by atoms with Gasteiger partial charge in [-0.25, -0.2) is 0 Å². The van der Waals surface area contributed by atoms with E-state index in [1.165, 1.54) is 12.0 Å². The average molecular weight is 848 g/mol. The topological polar surface area (TPSA) is 182 Å². The molecule has 3 saturated heterocycles. The van der Waals surface area contributed by atoms with Gasteiger partial charge in [-0.15, -0.1) is 0 Å². The first-order valence-electron chi connectivity index (χ1n) is 18.0. The van der Waals surface area contributed by atoms with Gasteiger partial charge in [0.2, 0.25) is 11.8 Å². The van der Waals surface area contributed by atoms with Crippen LogP contribution in [0.15, 0.2) is 48.5 Å². The van der Waals surface area contributed by atoms with Gasteiger partial charge in [-0.3, -0.25) is 24.0 Å². The molecule has 2 aromatic rings. The third kappa shape index (κ3) is 7.33. The fraction of sp³-hybridized carbons (Fsp3) is 0.579. The summed E-state index contributed by atoms with van der Waals surface area (Å²) in [4.78, 5) is 61.5. The third-order valence-electron chi connectivity index (χ3n) is 10.7. The molecular weight excluding hydrogens is 801 g/mol. The van der Waals surface area contributed by atoms with Crippen molar-refractivity contribution in [3.63, 3.8) is 0 Å². The van der Waals surface area contributed by atoms with Crippen molar-refractivity contribution in [2.24, 2.45) is 5.41 Å². The summed E-state index contributed by atoms with van der Waals surface area (Å²) in [7, 11) is 0. The van der Waals surface area contributed by atoms with Crippen LogP contribution in [-0.4, -0.2) is 106 Å². The zero-order valence-electron chi connectivity index (χ0n) is 30.1. The number of halogens is 1. The van der Waals surface area contributed by atoms with E-state index in [0.29, 0.717) is 12.8 Å². The third-order valence-corrected chi connectivity index (χ3v) is 11.4. The lowest BCUT2D eigenvalue weighted by Gasteiger charge is -2.49. The average Bonchev–Trinajstić information content (AvgIpc) is 3.76. The molecule has 9 atom stereocenters. The highest BCUT2D eigenvalue weighted by molar-refractivity contribution is 14.1. The van der Waals surface area contributed by atoms with Crippen LogP contribution in [0.1, 0.15) is 63.6 Å². The minimum Gasteiger partial charge on any atom is -0.460 e. The summed E-state index contributed by atoms with van der Waals surface area (Å²) >= 11 is 2.21. The van der Waals surface area contributed by atoms with Crippen LogP contribution in [0.5, 0.6) is 0 Å². The van der Waals surface area contributed by atoms with Gasteiger partial charge in [-0.1, -0.05) is 36.4 Å². The minimum atomic E-state index is -1.59. The molecule has 0 radical (unpaired) electrons. The second kappa shape index (κ2) is 14.5. The lowest BCUT2D eigenvalue weighted by Crippen LogP contribution is -2.71. The van der Waals surface area contributed by atoms with Gasteiger partial charge in [0.05, 0.1) is 25.3 Å². The lowest BCUT2D eigenvalue weighted by atomic mass is 9.62. The SMILES string of the molecule is CC(O)C(NC(=O)C12CC3OC(=O)C1N(Cc1ccc(I)cc1)OC2C1OC2(Cc4ccccc4C2)OC31)C(=O)NC(CO)CCC(=O)OC(C)(C)C. The monoisotopic (exact) mass is 847 g/mol. The maximum absolute atomic E-state index is 14.9. The summed E-state index contributed by atoms with van der Waals surface area (Å²) < 4.78 is 25.9. The molecule has 2 aliphatic carbocycles. The molecular formula is C38H46IN3O11. The molecule has 53 heavy (non-hydrogen) atoms. The fourth-order valence-corrected chi connectivity index (χ4v) is 8.75. The molecule has 15 heteroatoms. The Balaban J connectivity index is 1.16. The first kappa shape index (κ1) is 38.1. The summed E-state index contributed by atoms with van der Waals surface area (Å²) in [6, 6.07) is 12.1. The fourth-order valence-electron chi connectivity index (χ4n) is 8.39. The van der Waals surface area contributed by atoms with Crippen LogP contribution in [-0.2, 0) is 62.3 Å². The molecule has 14 nitrogen and oxygen atoms in total. The Morgan fingerprint density at radius 1 is 1.04 bits per heavy atom. The number of nitrogens with zero attached hydrogens (tertiary/aromatic N) is 1. The predicted octanol–water partition coefficient (Wildman–Crippen LogP) is 1.83. The van der Waals surface area contributed by atoms with Crippen molar-refractivity contribution < 1.29 is 53.2 Å². The van der Waals surface area contributed by atoms with E-state index in [2.05, 4.69) is 33.2 Å². The molecule has 3 heterocycles. The quantitative estimate of drug-likeness (QED) is 0.191. The van der Waals surface area contributed by atoms with Gasteiger partial charge >= 0.3 is 11.9 Å². The summed E-state index contributed by atoms with van der Waals surface area (Å²) in [6.45, 7) is 6.23. The number of nitrogens with one attached hydrogen (secondary N) is 2. The van der Waals surface area contributed by atoms with Gasteiger partial charge in [0.1, 0.15) is 41.5 Å². The Morgan fingerprint density at radius 2 is 1.70 bits per heavy atom. The van der Waals surface area contributed by atoms with Crippen LogP contribution in [0.3, 0.4) is 0 Å². The summed E-state index contributed by atoms with van der Waals surface area (Å²) in [5.41, 5.74) is 0.714. The van der Waals surface area contributed by atoms with Gasteiger partial charge in [0, 0.05) is 29.3 Å². The molecule has 5 aliphatic rings. The normalized spacial score (nSPS) is 29.8. The number of amides is 2. The number of benzene rings is 2. The number of aliphatic hydroxyl groups is 2. The number of hydroxylamine groups is 2. The Kier molecular flexibility index (Phi) is 10.4. The van der Waals surface area contributed by atoms with Crippen LogP contribution in [0, 0.1) is 8.99 Å². The number of hydrogen-bond donors (Lipinski definition) is 4. The summed E-state index contributed by atoms with van der Waals surface area (Å²) in [5.74, 6) is -3.66. The number of ether oxygens (including phenoxy) is 4. The standard InChI is InChI=1S/C38H46IN3O11/c1-20(44)28(33(46)40-25(19-43)13-14-27(45)50-36(2,3)4)41-35(48)38-17-26-29-30(52-37(51-29)15-22-7-5-6-8-23(22)16-37)32(38)53-42(31(38)34(47)49-26)18-21-9-11-24(39)12-10-21/h5-12,20,25-26,28-32,43-44H,13-19H2,1-4H3,(H,40,46)(H,41,48). The first-order valence-corrected chi connectivity index (χ1v) is 19.1. The smallest absolute Gasteiger partial charge is 0.327 e. The molecule has 286 valence electrons. The number of carbonyl (C=O) groups is 4. The van der Waals surface area contributed by atoms with Crippen LogP contribution in [0.2, 0.25) is 0 Å². The maximum Gasteiger partial charge on any atom is 0.327 e. The van der Waals surface area contributed by atoms with Crippen molar-refractivity contribution in [3.05, 3.63) is 68.8 Å². The molecule has 2 aromatic carbocycles. The van der Waals surface area contributed by atoms with E-state index >= 15 is 0 Å². The van der Waals surface area contributed by atoms with Gasteiger partial charge in [0.25, 0.3) is 0 Å². The number of carbonyl (C=O) groups excluding carboxylic acids is 4.